The summed E-state index contributed by atoms with van der Waals surface area (Å²) in [7, 11) is 0. The number of hydrogen-bond acceptors (Lipinski definition) is 3. The fourth-order valence-electron chi connectivity index (χ4n) is 1.19. The van der Waals surface area contributed by atoms with E-state index >= 15 is 0 Å². The SMILES string of the molecule is O=C(O)NCC(O)CNC(=O)c1ccc(Cl)cc1. The van der Waals surface area contributed by atoms with E-state index in [4.69, 9.17) is 16.7 Å². The molecule has 2 amide bonds. The maximum atomic E-state index is 11.6. The third kappa shape index (κ3) is 5.03. The second kappa shape index (κ2) is 6.83. The lowest BCUT2D eigenvalue weighted by Crippen LogP contribution is -2.39. The molecule has 0 aromatic heterocycles. The van der Waals surface area contributed by atoms with Crippen molar-refractivity contribution in [2.75, 3.05) is 13.1 Å². The molecule has 1 aromatic rings. The molecule has 1 aromatic carbocycles. The molecule has 0 fully saturated rings. The van der Waals surface area contributed by atoms with E-state index in [2.05, 4.69) is 5.32 Å². The minimum atomic E-state index is -1.22. The lowest BCUT2D eigenvalue weighted by atomic mass is 10.2. The Kier molecular flexibility index (Phi) is 5.41. The topological polar surface area (TPSA) is 98.7 Å². The van der Waals surface area contributed by atoms with Crippen molar-refractivity contribution in [2.24, 2.45) is 0 Å². The summed E-state index contributed by atoms with van der Waals surface area (Å²) in [6.07, 6.45) is -2.20. The molecule has 1 unspecified atom stereocenters. The Morgan fingerprint density at radius 1 is 1.17 bits per heavy atom. The normalized spacial score (nSPS) is 11.7. The zero-order valence-electron chi connectivity index (χ0n) is 9.39. The molecule has 0 aliphatic heterocycles. The molecule has 0 saturated carbocycles. The number of aliphatic hydroxyl groups is 1. The van der Waals surface area contributed by atoms with Crippen LogP contribution in [-0.4, -0.2) is 41.4 Å². The molecule has 0 bridgehead atoms. The molecule has 7 heteroatoms. The van der Waals surface area contributed by atoms with Crippen LogP contribution in [0.1, 0.15) is 10.4 Å². The van der Waals surface area contributed by atoms with Crippen molar-refractivity contribution >= 4 is 23.6 Å². The lowest BCUT2D eigenvalue weighted by Gasteiger charge is -2.11. The Labute approximate surface area is 109 Å². The molecule has 0 saturated heterocycles. The maximum Gasteiger partial charge on any atom is 0.404 e. The summed E-state index contributed by atoms with van der Waals surface area (Å²) < 4.78 is 0. The van der Waals surface area contributed by atoms with Gasteiger partial charge in [0.2, 0.25) is 0 Å². The van der Waals surface area contributed by atoms with Crippen molar-refractivity contribution in [1.29, 1.82) is 0 Å². The van der Waals surface area contributed by atoms with Gasteiger partial charge >= 0.3 is 6.09 Å². The number of benzene rings is 1. The third-order valence-electron chi connectivity index (χ3n) is 2.09. The van der Waals surface area contributed by atoms with E-state index in [0.29, 0.717) is 10.6 Å². The molecule has 6 nitrogen and oxygen atoms in total. The van der Waals surface area contributed by atoms with Crippen LogP contribution in [0.25, 0.3) is 0 Å². The lowest BCUT2D eigenvalue weighted by molar-refractivity contribution is 0.0915. The summed E-state index contributed by atoms with van der Waals surface area (Å²) >= 11 is 5.68. The van der Waals surface area contributed by atoms with E-state index < -0.39 is 12.2 Å². The average molecular weight is 273 g/mol. The van der Waals surface area contributed by atoms with Gasteiger partial charge in [0.1, 0.15) is 0 Å². The predicted octanol–water partition coefficient (Wildman–Crippen LogP) is 0.698. The number of nitrogens with one attached hydrogen (secondary N) is 2. The van der Waals surface area contributed by atoms with Gasteiger partial charge in [0.05, 0.1) is 6.10 Å². The summed E-state index contributed by atoms with van der Waals surface area (Å²) in [5.41, 5.74) is 0.415. The Hall–Kier alpha value is -1.79. The molecule has 0 spiro atoms. The standard InChI is InChI=1S/C11H13ClN2O4/c12-8-3-1-7(2-4-8)10(16)13-5-9(15)6-14-11(17)18/h1-4,9,14-15H,5-6H2,(H,13,16)(H,17,18). The minimum absolute atomic E-state index is 0.0399. The minimum Gasteiger partial charge on any atom is -0.465 e. The highest BCUT2D eigenvalue weighted by Gasteiger charge is 2.09. The molecule has 1 atom stereocenters. The summed E-state index contributed by atoms with van der Waals surface area (Å²) in [4.78, 5) is 21.8. The largest absolute Gasteiger partial charge is 0.465 e. The van der Waals surface area contributed by atoms with Gasteiger partial charge in [0, 0.05) is 23.7 Å². The van der Waals surface area contributed by atoms with E-state index in [-0.39, 0.29) is 19.0 Å². The van der Waals surface area contributed by atoms with Gasteiger partial charge in [0.15, 0.2) is 0 Å². The Morgan fingerprint density at radius 3 is 2.28 bits per heavy atom. The van der Waals surface area contributed by atoms with Gasteiger partial charge in [-0.3, -0.25) is 4.79 Å². The van der Waals surface area contributed by atoms with Crippen molar-refractivity contribution in [3.63, 3.8) is 0 Å². The average Bonchev–Trinajstić information content (AvgIpc) is 2.34. The van der Waals surface area contributed by atoms with Crippen molar-refractivity contribution in [3.8, 4) is 0 Å². The quantitative estimate of drug-likeness (QED) is 0.634. The first kappa shape index (κ1) is 14.3. The highest BCUT2D eigenvalue weighted by Crippen LogP contribution is 2.09. The Morgan fingerprint density at radius 2 is 1.72 bits per heavy atom. The van der Waals surface area contributed by atoms with Crippen LogP contribution in [0.5, 0.6) is 0 Å². The number of halogens is 1. The van der Waals surface area contributed by atoms with Crippen molar-refractivity contribution < 1.29 is 19.8 Å². The number of carbonyl (C=O) groups excluding carboxylic acids is 1. The fourth-order valence-corrected chi connectivity index (χ4v) is 1.32. The monoisotopic (exact) mass is 272 g/mol. The van der Waals surface area contributed by atoms with Crippen molar-refractivity contribution in [3.05, 3.63) is 34.9 Å². The summed E-state index contributed by atoms with van der Waals surface area (Å²) in [6, 6.07) is 6.27. The second-order valence-corrected chi connectivity index (χ2v) is 3.99. The van der Waals surface area contributed by atoms with Crippen molar-refractivity contribution in [2.45, 2.75) is 6.10 Å². The van der Waals surface area contributed by atoms with Gasteiger partial charge in [-0.1, -0.05) is 11.6 Å². The first-order valence-electron chi connectivity index (χ1n) is 5.17. The molecule has 0 heterocycles. The number of aliphatic hydroxyl groups excluding tert-OH is 1. The molecule has 18 heavy (non-hydrogen) atoms. The highest BCUT2D eigenvalue weighted by molar-refractivity contribution is 6.30. The van der Waals surface area contributed by atoms with Gasteiger partial charge in [-0.2, -0.15) is 0 Å². The van der Waals surface area contributed by atoms with E-state index in [0.717, 1.165) is 0 Å². The van der Waals surface area contributed by atoms with Gasteiger partial charge in [-0.25, -0.2) is 4.79 Å². The molecule has 0 radical (unpaired) electrons. The van der Waals surface area contributed by atoms with Gasteiger partial charge in [-0.05, 0) is 24.3 Å². The number of carbonyl (C=O) groups is 2. The molecule has 0 aliphatic rings. The van der Waals surface area contributed by atoms with Crippen LogP contribution in [0, 0.1) is 0 Å². The van der Waals surface area contributed by atoms with Gasteiger partial charge in [0.25, 0.3) is 5.91 Å². The Balaban J connectivity index is 2.36. The molecular weight excluding hydrogens is 260 g/mol. The second-order valence-electron chi connectivity index (χ2n) is 3.56. The summed E-state index contributed by atoms with van der Waals surface area (Å²) in [5.74, 6) is -0.360. The van der Waals surface area contributed by atoms with Crippen LogP contribution in [-0.2, 0) is 0 Å². The van der Waals surface area contributed by atoms with E-state index in [1.165, 1.54) is 0 Å². The molecule has 4 N–H and O–H groups in total. The van der Waals surface area contributed by atoms with E-state index in [1.807, 2.05) is 5.32 Å². The molecule has 0 aliphatic carbocycles. The number of rotatable bonds is 5. The first-order chi connectivity index (χ1) is 8.49. The van der Waals surface area contributed by atoms with Gasteiger partial charge < -0.3 is 20.8 Å². The molecular formula is C11H13ClN2O4. The van der Waals surface area contributed by atoms with Crippen LogP contribution >= 0.6 is 11.6 Å². The van der Waals surface area contributed by atoms with Crippen LogP contribution in [0.15, 0.2) is 24.3 Å². The zero-order valence-corrected chi connectivity index (χ0v) is 10.1. The van der Waals surface area contributed by atoms with Crippen LogP contribution < -0.4 is 10.6 Å². The Bertz CT molecular complexity index is 422. The number of carboxylic acid groups (broad SMARTS) is 1. The van der Waals surface area contributed by atoms with E-state index in [9.17, 15) is 14.7 Å². The van der Waals surface area contributed by atoms with Crippen LogP contribution in [0.2, 0.25) is 5.02 Å². The summed E-state index contributed by atoms with van der Waals surface area (Å²) in [6.45, 7) is -0.183. The van der Waals surface area contributed by atoms with Gasteiger partial charge in [-0.15, -0.1) is 0 Å². The number of hydrogen-bond donors (Lipinski definition) is 4. The van der Waals surface area contributed by atoms with E-state index in [1.54, 1.807) is 24.3 Å². The first-order valence-corrected chi connectivity index (χ1v) is 5.55. The van der Waals surface area contributed by atoms with Crippen LogP contribution in [0.4, 0.5) is 4.79 Å². The highest BCUT2D eigenvalue weighted by atomic mass is 35.5. The van der Waals surface area contributed by atoms with Crippen molar-refractivity contribution in [1.82, 2.24) is 10.6 Å². The molecule has 98 valence electrons. The molecule has 1 rings (SSSR count). The predicted molar refractivity (Wildman–Crippen MR) is 65.8 cm³/mol. The summed E-state index contributed by atoms with van der Waals surface area (Å²) in [5, 5.41) is 22.7. The maximum absolute atomic E-state index is 11.6. The fraction of sp³-hybridized carbons (Fsp3) is 0.273. The smallest absolute Gasteiger partial charge is 0.404 e. The third-order valence-corrected chi connectivity index (χ3v) is 2.35. The zero-order chi connectivity index (χ0) is 13.5. The number of amides is 2. The van der Waals surface area contributed by atoms with Crippen LogP contribution in [0.3, 0.4) is 0 Å².